The molecule has 1 aromatic heterocycles. The first-order valence-corrected chi connectivity index (χ1v) is 7.80. The van der Waals surface area contributed by atoms with Crippen LogP contribution in [0.3, 0.4) is 0 Å². The van der Waals surface area contributed by atoms with Crippen molar-refractivity contribution in [2.24, 2.45) is 0 Å². The number of carbonyl (C=O) groups excluding carboxylic acids is 1. The Morgan fingerprint density at radius 3 is 2.58 bits per heavy atom. The molecule has 0 aliphatic heterocycles. The molecule has 136 valence electrons. The van der Waals surface area contributed by atoms with E-state index in [1.807, 2.05) is 0 Å². The van der Waals surface area contributed by atoms with Crippen LogP contribution in [0.5, 0.6) is 0 Å². The minimum absolute atomic E-state index is 0.0995. The van der Waals surface area contributed by atoms with Crippen LogP contribution < -0.4 is 10.2 Å². The summed E-state index contributed by atoms with van der Waals surface area (Å²) in [6, 6.07) is 7.76. The van der Waals surface area contributed by atoms with E-state index in [1.54, 1.807) is 12.1 Å². The number of halogens is 5. The number of rotatable bonds is 4. The lowest BCUT2D eigenvalue weighted by atomic mass is 10.1. The zero-order chi connectivity index (χ0) is 18.9. The van der Waals surface area contributed by atoms with E-state index in [4.69, 9.17) is 28.0 Å². The van der Waals surface area contributed by atoms with Crippen molar-refractivity contribution in [1.29, 1.82) is 0 Å². The van der Waals surface area contributed by atoms with Crippen molar-refractivity contribution in [1.82, 2.24) is 15.2 Å². The normalized spacial score (nSPS) is 11.6. The Bertz CT molecular complexity index is 975. The van der Waals surface area contributed by atoms with Crippen molar-refractivity contribution < 1.29 is 22.8 Å². The van der Waals surface area contributed by atoms with Gasteiger partial charge in [-0.15, -0.1) is 5.10 Å². The highest BCUT2D eigenvalue weighted by Gasteiger charge is 2.34. The first kappa shape index (κ1) is 18.3. The van der Waals surface area contributed by atoms with Gasteiger partial charge in [0.2, 0.25) is 0 Å². The molecule has 3 rings (SSSR count). The minimum Gasteiger partial charge on any atom is -0.385 e. The van der Waals surface area contributed by atoms with Gasteiger partial charge in [-0.1, -0.05) is 28.0 Å². The van der Waals surface area contributed by atoms with Crippen molar-refractivity contribution in [3.8, 4) is 0 Å². The lowest BCUT2D eigenvalue weighted by Gasteiger charge is -2.14. The van der Waals surface area contributed by atoms with Gasteiger partial charge < -0.3 is 10.2 Å². The molecule has 2 aromatic carbocycles. The van der Waals surface area contributed by atoms with Crippen molar-refractivity contribution in [3.05, 3.63) is 52.0 Å². The number of carbonyl (C=O) groups is 1. The Morgan fingerprint density at radius 1 is 1.15 bits per heavy atom. The predicted molar refractivity (Wildman–Crippen MR) is 89.1 cm³/mol. The molecule has 0 unspecified atom stereocenters. The lowest BCUT2D eigenvalue weighted by molar-refractivity contribution is -0.137. The Labute approximate surface area is 154 Å². The standard InChI is InChI=1S/C15H9Cl2F3N4O2/c16-8-1-3-11(10(5-8)15(18,19)20)21-14(25)7-26-24-13-6-9(17)2-4-12(13)22-23-24/h1-6H,7H2,(H,21,25). The van der Waals surface area contributed by atoms with Gasteiger partial charge in [-0.25, -0.2) is 0 Å². The van der Waals surface area contributed by atoms with E-state index in [9.17, 15) is 18.0 Å². The molecule has 26 heavy (non-hydrogen) atoms. The van der Waals surface area contributed by atoms with E-state index in [-0.39, 0.29) is 5.02 Å². The number of amides is 1. The average Bonchev–Trinajstić information content (AvgIpc) is 2.96. The van der Waals surface area contributed by atoms with Gasteiger partial charge in [-0.05, 0) is 41.6 Å². The highest BCUT2D eigenvalue weighted by molar-refractivity contribution is 6.31. The summed E-state index contributed by atoms with van der Waals surface area (Å²) in [4.78, 5) is 18.1. The summed E-state index contributed by atoms with van der Waals surface area (Å²) in [5.41, 5.74) is -0.599. The predicted octanol–water partition coefficient (Wildman–Crippen LogP) is 3.82. The smallest absolute Gasteiger partial charge is 0.385 e. The van der Waals surface area contributed by atoms with Gasteiger partial charge in [0.1, 0.15) is 11.0 Å². The molecule has 0 aliphatic carbocycles. The largest absolute Gasteiger partial charge is 0.418 e. The van der Waals surface area contributed by atoms with Crippen LogP contribution in [0, 0.1) is 0 Å². The second-order valence-corrected chi connectivity index (χ2v) is 5.98. The highest BCUT2D eigenvalue weighted by atomic mass is 35.5. The lowest BCUT2D eigenvalue weighted by Crippen LogP contribution is -2.27. The van der Waals surface area contributed by atoms with Crippen molar-refractivity contribution in [2.75, 3.05) is 11.9 Å². The molecule has 0 spiro atoms. The summed E-state index contributed by atoms with van der Waals surface area (Å²) < 4.78 is 39.1. The molecule has 0 fully saturated rings. The second-order valence-electron chi connectivity index (χ2n) is 5.10. The second kappa shape index (κ2) is 7.00. The summed E-state index contributed by atoms with van der Waals surface area (Å²) in [6.07, 6.45) is -4.67. The molecule has 0 atom stereocenters. The number of nitrogens with one attached hydrogen (secondary N) is 1. The zero-order valence-corrected chi connectivity index (χ0v) is 14.2. The zero-order valence-electron chi connectivity index (χ0n) is 12.7. The molecule has 11 heteroatoms. The monoisotopic (exact) mass is 404 g/mol. The Hall–Kier alpha value is -2.52. The van der Waals surface area contributed by atoms with Gasteiger partial charge in [0.05, 0.1) is 11.3 Å². The number of hydrogen-bond donors (Lipinski definition) is 1. The quantitative estimate of drug-likeness (QED) is 0.717. The van der Waals surface area contributed by atoms with Crippen LogP contribution in [0.4, 0.5) is 18.9 Å². The molecule has 0 radical (unpaired) electrons. The van der Waals surface area contributed by atoms with Crippen LogP contribution >= 0.6 is 23.2 Å². The molecule has 0 saturated heterocycles. The molecular formula is C15H9Cl2F3N4O2. The number of anilines is 1. The molecule has 1 N–H and O–H groups in total. The summed E-state index contributed by atoms with van der Waals surface area (Å²) >= 11 is 11.5. The van der Waals surface area contributed by atoms with Crippen LogP contribution in [0.1, 0.15) is 5.56 Å². The fourth-order valence-electron chi connectivity index (χ4n) is 2.13. The number of alkyl halides is 3. The van der Waals surface area contributed by atoms with Crippen LogP contribution in [0.15, 0.2) is 36.4 Å². The molecular weight excluding hydrogens is 396 g/mol. The van der Waals surface area contributed by atoms with Gasteiger partial charge in [-0.2, -0.15) is 13.2 Å². The van der Waals surface area contributed by atoms with Gasteiger partial charge in [0.15, 0.2) is 6.61 Å². The number of aromatic nitrogens is 3. The third-order valence-electron chi connectivity index (χ3n) is 3.26. The molecule has 0 saturated carbocycles. The van der Waals surface area contributed by atoms with Crippen LogP contribution in [-0.4, -0.2) is 27.7 Å². The minimum atomic E-state index is -4.67. The summed E-state index contributed by atoms with van der Waals surface area (Å²) in [5.74, 6) is -0.816. The maximum atomic E-state index is 13.0. The Balaban J connectivity index is 1.72. The number of hydrogen-bond acceptors (Lipinski definition) is 4. The molecule has 3 aromatic rings. The fraction of sp³-hybridized carbons (Fsp3) is 0.133. The molecule has 6 nitrogen and oxygen atoms in total. The van der Waals surface area contributed by atoms with Gasteiger partial charge >= 0.3 is 6.18 Å². The third-order valence-corrected chi connectivity index (χ3v) is 3.73. The van der Waals surface area contributed by atoms with Crippen LogP contribution in [0.25, 0.3) is 11.0 Å². The van der Waals surface area contributed by atoms with E-state index < -0.39 is 29.9 Å². The molecule has 1 amide bonds. The van der Waals surface area contributed by atoms with Gasteiger partial charge in [-0.3, -0.25) is 4.79 Å². The Morgan fingerprint density at radius 2 is 1.85 bits per heavy atom. The maximum Gasteiger partial charge on any atom is 0.418 e. The van der Waals surface area contributed by atoms with Crippen LogP contribution in [-0.2, 0) is 11.0 Å². The maximum absolute atomic E-state index is 13.0. The molecule has 0 bridgehead atoms. The van der Waals surface area contributed by atoms with E-state index in [1.165, 1.54) is 12.1 Å². The van der Waals surface area contributed by atoms with Crippen molar-refractivity contribution >= 4 is 45.8 Å². The summed E-state index contributed by atoms with van der Waals surface area (Å²) in [6.45, 7) is -0.592. The number of nitrogens with zero attached hydrogens (tertiary/aromatic N) is 3. The van der Waals surface area contributed by atoms with E-state index >= 15 is 0 Å². The van der Waals surface area contributed by atoms with E-state index in [0.717, 1.165) is 17.0 Å². The Kier molecular flexibility index (Phi) is 4.92. The van der Waals surface area contributed by atoms with Crippen molar-refractivity contribution in [3.63, 3.8) is 0 Å². The van der Waals surface area contributed by atoms with E-state index in [2.05, 4.69) is 15.6 Å². The van der Waals surface area contributed by atoms with Gasteiger partial charge in [0.25, 0.3) is 5.91 Å². The SMILES string of the molecule is O=C(COn1nnc2ccc(Cl)cc21)Nc1ccc(Cl)cc1C(F)(F)F. The highest BCUT2D eigenvalue weighted by Crippen LogP contribution is 2.36. The average molecular weight is 405 g/mol. The fourth-order valence-corrected chi connectivity index (χ4v) is 2.47. The summed E-state index contributed by atoms with van der Waals surface area (Å²) in [7, 11) is 0. The third kappa shape index (κ3) is 4.00. The first-order valence-electron chi connectivity index (χ1n) is 7.05. The van der Waals surface area contributed by atoms with Crippen LogP contribution in [0.2, 0.25) is 10.0 Å². The molecule has 0 aliphatic rings. The van der Waals surface area contributed by atoms with Gasteiger partial charge in [0, 0.05) is 10.0 Å². The number of fused-ring (bicyclic) bond motifs is 1. The van der Waals surface area contributed by atoms with E-state index in [0.29, 0.717) is 16.1 Å². The number of benzene rings is 2. The van der Waals surface area contributed by atoms with Crippen molar-refractivity contribution in [2.45, 2.75) is 6.18 Å². The topological polar surface area (TPSA) is 69.0 Å². The summed E-state index contributed by atoms with van der Waals surface area (Å²) in [5, 5.41) is 9.95. The molecule has 1 heterocycles. The first-order chi connectivity index (χ1) is 12.2.